The van der Waals surface area contributed by atoms with Crippen molar-refractivity contribution in [2.75, 3.05) is 5.75 Å². The minimum absolute atomic E-state index is 0.0891. The molecule has 0 aliphatic rings. The first-order valence-electron chi connectivity index (χ1n) is 7.36. The first kappa shape index (κ1) is 17.5. The molecule has 0 aliphatic carbocycles. The van der Waals surface area contributed by atoms with Crippen molar-refractivity contribution in [3.63, 3.8) is 0 Å². The molecule has 0 saturated heterocycles. The van der Waals surface area contributed by atoms with Gasteiger partial charge in [-0.3, -0.25) is 9.36 Å². The largest absolute Gasteiger partial charge is 0.486 e. The van der Waals surface area contributed by atoms with Gasteiger partial charge in [-0.25, -0.2) is 0 Å². The van der Waals surface area contributed by atoms with Crippen LogP contribution < -0.4 is 4.74 Å². The van der Waals surface area contributed by atoms with Crippen molar-refractivity contribution in [3.8, 4) is 11.4 Å². The number of carbonyl (C=O) groups is 1. The predicted molar refractivity (Wildman–Crippen MR) is 98.2 cm³/mol. The number of rotatable bonds is 7. The number of thioether (sulfide) groups is 1. The topological polar surface area (TPSA) is 77.2 Å². The van der Waals surface area contributed by atoms with Crippen LogP contribution in [0.2, 0.25) is 0 Å². The molecule has 8 heteroatoms. The number of carboxylic acids is 1. The lowest BCUT2D eigenvalue weighted by atomic mass is 10.3. The van der Waals surface area contributed by atoms with Gasteiger partial charge in [-0.1, -0.05) is 45.9 Å². The van der Waals surface area contributed by atoms with Gasteiger partial charge in [-0.15, -0.1) is 10.2 Å². The first-order valence-corrected chi connectivity index (χ1v) is 9.14. The van der Waals surface area contributed by atoms with E-state index in [-0.39, 0.29) is 12.4 Å². The molecule has 0 fully saturated rings. The van der Waals surface area contributed by atoms with Crippen LogP contribution in [0.5, 0.6) is 5.75 Å². The van der Waals surface area contributed by atoms with Crippen LogP contribution in [0, 0.1) is 0 Å². The molecule has 1 N–H and O–H groups in total. The molecule has 0 amide bonds. The highest BCUT2D eigenvalue weighted by Crippen LogP contribution is 2.24. The van der Waals surface area contributed by atoms with Crippen molar-refractivity contribution in [1.29, 1.82) is 0 Å². The van der Waals surface area contributed by atoms with Gasteiger partial charge in [0.05, 0.1) is 5.75 Å². The van der Waals surface area contributed by atoms with Crippen molar-refractivity contribution in [1.82, 2.24) is 14.8 Å². The quantitative estimate of drug-likeness (QED) is 0.587. The molecule has 0 bridgehead atoms. The van der Waals surface area contributed by atoms with E-state index in [4.69, 9.17) is 9.84 Å². The van der Waals surface area contributed by atoms with Crippen molar-refractivity contribution < 1.29 is 14.6 Å². The van der Waals surface area contributed by atoms with Gasteiger partial charge in [0.15, 0.2) is 11.0 Å². The molecule has 1 heterocycles. The highest BCUT2D eigenvalue weighted by molar-refractivity contribution is 9.10. The van der Waals surface area contributed by atoms with Crippen LogP contribution in [0.25, 0.3) is 5.69 Å². The van der Waals surface area contributed by atoms with Gasteiger partial charge < -0.3 is 9.84 Å². The summed E-state index contributed by atoms with van der Waals surface area (Å²) in [5.41, 5.74) is 0.841. The second kappa shape index (κ2) is 8.17. The molecule has 25 heavy (non-hydrogen) atoms. The first-order chi connectivity index (χ1) is 12.1. The Bertz CT molecular complexity index is 853. The van der Waals surface area contributed by atoms with Crippen molar-refractivity contribution in [2.24, 2.45) is 0 Å². The van der Waals surface area contributed by atoms with Crippen LogP contribution in [0.15, 0.2) is 64.2 Å². The molecule has 0 atom stereocenters. The fourth-order valence-corrected chi connectivity index (χ4v) is 3.08. The van der Waals surface area contributed by atoms with E-state index in [9.17, 15) is 4.79 Å². The molecular weight excluding hydrogens is 406 g/mol. The molecule has 0 radical (unpaired) electrons. The molecule has 0 aliphatic heterocycles. The Labute approximate surface area is 157 Å². The molecule has 2 aromatic carbocycles. The van der Waals surface area contributed by atoms with E-state index in [1.54, 1.807) is 0 Å². The molecule has 128 valence electrons. The molecular formula is C17H14BrN3O3S. The van der Waals surface area contributed by atoms with Crippen LogP contribution >= 0.6 is 27.7 Å². The van der Waals surface area contributed by atoms with E-state index in [0.717, 1.165) is 27.7 Å². The summed E-state index contributed by atoms with van der Waals surface area (Å²) >= 11 is 4.53. The number of hydrogen-bond donors (Lipinski definition) is 1. The summed E-state index contributed by atoms with van der Waals surface area (Å²) < 4.78 is 8.52. The van der Waals surface area contributed by atoms with Crippen molar-refractivity contribution in [2.45, 2.75) is 11.8 Å². The second-order valence-electron chi connectivity index (χ2n) is 4.99. The summed E-state index contributed by atoms with van der Waals surface area (Å²) in [6.07, 6.45) is 0. The number of para-hydroxylation sites is 1. The summed E-state index contributed by atoms with van der Waals surface area (Å²) in [4.78, 5) is 10.9. The lowest BCUT2D eigenvalue weighted by Crippen LogP contribution is -2.07. The minimum atomic E-state index is -0.905. The Hall–Kier alpha value is -2.32. The Balaban J connectivity index is 1.88. The van der Waals surface area contributed by atoms with Gasteiger partial charge in [0, 0.05) is 10.2 Å². The van der Waals surface area contributed by atoms with E-state index in [0.29, 0.717) is 11.0 Å². The Morgan fingerprint density at radius 3 is 2.52 bits per heavy atom. The zero-order chi connectivity index (χ0) is 17.6. The number of carboxylic acid groups (broad SMARTS) is 1. The highest BCUT2D eigenvalue weighted by Gasteiger charge is 2.16. The number of benzene rings is 2. The van der Waals surface area contributed by atoms with Gasteiger partial charge in [-0.2, -0.15) is 0 Å². The molecule has 0 unspecified atom stereocenters. The predicted octanol–water partition coefficient (Wildman–Crippen LogP) is 3.79. The molecule has 0 spiro atoms. The van der Waals surface area contributed by atoms with E-state index < -0.39 is 5.97 Å². The van der Waals surface area contributed by atoms with Crippen LogP contribution in [0.1, 0.15) is 5.82 Å². The van der Waals surface area contributed by atoms with Crippen LogP contribution in [-0.2, 0) is 11.4 Å². The highest BCUT2D eigenvalue weighted by atomic mass is 79.9. The molecule has 3 rings (SSSR count). The summed E-state index contributed by atoms with van der Waals surface area (Å²) in [6, 6.07) is 17.0. The summed E-state index contributed by atoms with van der Waals surface area (Å²) in [5.74, 6) is 0.331. The Morgan fingerprint density at radius 1 is 1.12 bits per heavy atom. The normalized spacial score (nSPS) is 10.6. The third kappa shape index (κ3) is 4.61. The maximum atomic E-state index is 10.9. The summed E-state index contributed by atoms with van der Waals surface area (Å²) in [7, 11) is 0. The van der Waals surface area contributed by atoms with Gasteiger partial charge in [0.1, 0.15) is 12.4 Å². The summed E-state index contributed by atoms with van der Waals surface area (Å²) in [5, 5.41) is 17.7. The average Bonchev–Trinajstić information content (AvgIpc) is 3.02. The minimum Gasteiger partial charge on any atom is -0.486 e. The van der Waals surface area contributed by atoms with E-state index >= 15 is 0 Å². The maximum absolute atomic E-state index is 10.9. The van der Waals surface area contributed by atoms with E-state index in [2.05, 4.69) is 26.1 Å². The second-order valence-corrected chi connectivity index (χ2v) is 6.85. The summed E-state index contributed by atoms with van der Waals surface area (Å²) in [6.45, 7) is 0.223. The van der Waals surface area contributed by atoms with E-state index in [1.165, 1.54) is 0 Å². The third-order valence-corrected chi connectivity index (χ3v) is 4.66. The molecule has 3 aromatic rings. The van der Waals surface area contributed by atoms with Gasteiger partial charge >= 0.3 is 5.97 Å². The number of nitrogens with zero attached hydrogens (tertiary/aromatic N) is 3. The fraction of sp³-hybridized carbons (Fsp3) is 0.118. The van der Waals surface area contributed by atoms with Gasteiger partial charge in [0.25, 0.3) is 0 Å². The van der Waals surface area contributed by atoms with Crippen molar-refractivity contribution >= 4 is 33.7 Å². The van der Waals surface area contributed by atoms with Crippen LogP contribution in [0.3, 0.4) is 0 Å². The lowest BCUT2D eigenvalue weighted by Gasteiger charge is -2.11. The molecule has 0 saturated carbocycles. The Morgan fingerprint density at radius 2 is 1.84 bits per heavy atom. The monoisotopic (exact) mass is 419 g/mol. The Kier molecular flexibility index (Phi) is 5.72. The fourth-order valence-electron chi connectivity index (χ4n) is 2.13. The standard InChI is InChI=1S/C17H14BrN3O3S/c18-12-6-8-13(9-7-12)21-15(10-24-14-4-2-1-3-5-14)19-20-17(21)25-11-16(22)23/h1-9H,10-11H2,(H,22,23). The molecule has 6 nitrogen and oxygen atoms in total. The van der Waals surface area contributed by atoms with Crippen molar-refractivity contribution in [3.05, 3.63) is 64.9 Å². The lowest BCUT2D eigenvalue weighted by molar-refractivity contribution is -0.133. The van der Waals surface area contributed by atoms with Crippen LogP contribution in [-0.4, -0.2) is 31.6 Å². The van der Waals surface area contributed by atoms with Gasteiger partial charge in [-0.05, 0) is 36.4 Å². The number of aliphatic carboxylic acids is 1. The zero-order valence-corrected chi connectivity index (χ0v) is 15.4. The SMILES string of the molecule is O=C(O)CSc1nnc(COc2ccccc2)n1-c1ccc(Br)cc1. The van der Waals surface area contributed by atoms with Gasteiger partial charge in [0.2, 0.25) is 0 Å². The van der Waals surface area contributed by atoms with Crippen LogP contribution in [0.4, 0.5) is 0 Å². The average molecular weight is 420 g/mol. The number of hydrogen-bond acceptors (Lipinski definition) is 5. The number of aromatic nitrogens is 3. The number of ether oxygens (including phenoxy) is 1. The zero-order valence-electron chi connectivity index (χ0n) is 13.0. The number of halogens is 1. The smallest absolute Gasteiger partial charge is 0.313 e. The molecule has 1 aromatic heterocycles. The maximum Gasteiger partial charge on any atom is 0.313 e. The van der Waals surface area contributed by atoms with E-state index in [1.807, 2.05) is 59.2 Å². The third-order valence-electron chi connectivity index (χ3n) is 3.22.